The summed E-state index contributed by atoms with van der Waals surface area (Å²) in [7, 11) is 0. The molecule has 0 amide bonds. The maximum Gasteiger partial charge on any atom is 0.163 e. The molecule has 3 nitrogen and oxygen atoms in total. The van der Waals surface area contributed by atoms with Crippen LogP contribution in [0.2, 0.25) is 0 Å². The number of hydrogen-bond donors (Lipinski definition) is 1. The lowest BCUT2D eigenvalue weighted by molar-refractivity contribution is -0.114. The molecule has 1 aliphatic carbocycles. The lowest BCUT2D eigenvalue weighted by atomic mass is 9.77. The molecule has 0 radical (unpaired) electrons. The van der Waals surface area contributed by atoms with Gasteiger partial charge in [-0.1, -0.05) is 36.4 Å². The number of carbonyl (C=O) groups is 1. The third kappa shape index (κ3) is 3.09. The maximum absolute atomic E-state index is 13.0. The molecule has 1 aliphatic heterocycles. The number of anilines is 2. The van der Waals surface area contributed by atoms with Gasteiger partial charge < -0.3 is 10.2 Å². The van der Waals surface area contributed by atoms with Crippen LogP contribution in [0, 0.1) is 0 Å². The number of fused-ring (bicyclic) bond motifs is 3. The summed E-state index contributed by atoms with van der Waals surface area (Å²) in [5.74, 6) is 0.291. The Morgan fingerprint density at radius 2 is 1.63 bits per heavy atom. The van der Waals surface area contributed by atoms with Gasteiger partial charge in [-0.05, 0) is 72.9 Å². The molecule has 0 spiro atoms. The fourth-order valence-corrected chi connectivity index (χ4v) is 5.04. The van der Waals surface area contributed by atoms with Crippen molar-refractivity contribution in [2.45, 2.75) is 39.2 Å². The summed E-state index contributed by atoms with van der Waals surface area (Å²) in [5.41, 5.74) is 6.83. The van der Waals surface area contributed by atoms with E-state index in [1.807, 2.05) is 0 Å². The molecule has 0 aromatic heterocycles. The first-order valence-corrected chi connectivity index (χ1v) is 11.1. The van der Waals surface area contributed by atoms with Crippen LogP contribution in [0.25, 0.3) is 16.3 Å². The Morgan fingerprint density at radius 3 is 2.33 bits per heavy atom. The second-order valence-electron chi connectivity index (χ2n) is 8.26. The highest BCUT2D eigenvalue weighted by molar-refractivity contribution is 6.25. The van der Waals surface area contributed by atoms with Crippen molar-refractivity contribution in [1.82, 2.24) is 0 Å². The van der Waals surface area contributed by atoms with E-state index in [1.54, 1.807) is 0 Å². The summed E-state index contributed by atoms with van der Waals surface area (Å²) in [6, 6.07) is 21.7. The van der Waals surface area contributed by atoms with Crippen LogP contribution in [0.5, 0.6) is 0 Å². The molecule has 2 aliphatic rings. The van der Waals surface area contributed by atoms with Crippen LogP contribution in [0.15, 0.2) is 66.2 Å². The second-order valence-corrected chi connectivity index (χ2v) is 8.26. The minimum Gasteiger partial charge on any atom is -0.374 e. The molecule has 152 valence electrons. The summed E-state index contributed by atoms with van der Waals surface area (Å²) >= 11 is 0. The van der Waals surface area contributed by atoms with Gasteiger partial charge in [0.2, 0.25) is 0 Å². The van der Waals surface area contributed by atoms with Gasteiger partial charge >= 0.3 is 0 Å². The van der Waals surface area contributed by atoms with E-state index in [1.165, 1.54) is 27.6 Å². The quantitative estimate of drug-likeness (QED) is 0.557. The Hall–Kier alpha value is -3.07. The minimum atomic E-state index is 0.0589. The highest BCUT2D eigenvalue weighted by Crippen LogP contribution is 2.46. The minimum absolute atomic E-state index is 0.0589. The van der Waals surface area contributed by atoms with Crippen molar-refractivity contribution in [1.29, 1.82) is 0 Å². The van der Waals surface area contributed by atoms with Crippen LogP contribution < -0.4 is 10.2 Å². The molecule has 1 atom stereocenters. The lowest BCUT2D eigenvalue weighted by Crippen LogP contribution is -2.26. The van der Waals surface area contributed by atoms with Gasteiger partial charge in [0.15, 0.2) is 5.78 Å². The van der Waals surface area contributed by atoms with E-state index in [0.29, 0.717) is 12.2 Å². The highest BCUT2D eigenvalue weighted by Gasteiger charge is 2.33. The van der Waals surface area contributed by atoms with E-state index in [0.717, 1.165) is 42.8 Å². The Kier molecular flexibility index (Phi) is 4.82. The topological polar surface area (TPSA) is 32.3 Å². The summed E-state index contributed by atoms with van der Waals surface area (Å²) < 4.78 is 0. The lowest BCUT2D eigenvalue weighted by Gasteiger charge is -2.35. The number of hydrogen-bond acceptors (Lipinski definition) is 3. The highest BCUT2D eigenvalue weighted by atomic mass is 16.1. The molecule has 3 aromatic rings. The Balaban J connectivity index is 1.62. The predicted octanol–water partition coefficient (Wildman–Crippen LogP) is 6.36. The molecule has 3 aromatic carbocycles. The molecule has 0 saturated carbocycles. The molecule has 3 heteroatoms. The van der Waals surface area contributed by atoms with E-state index < -0.39 is 0 Å². The molecule has 0 bridgehead atoms. The first-order valence-electron chi connectivity index (χ1n) is 11.1. The number of Topliss-reactive ketones (excluding diaryl/α,β-unsaturated/α-hetero) is 1. The van der Waals surface area contributed by atoms with Gasteiger partial charge in [0, 0.05) is 42.0 Å². The predicted molar refractivity (Wildman–Crippen MR) is 126 cm³/mol. The molecule has 30 heavy (non-hydrogen) atoms. The van der Waals surface area contributed by atoms with Gasteiger partial charge in [-0.2, -0.15) is 0 Å². The van der Waals surface area contributed by atoms with E-state index >= 15 is 0 Å². The number of ketones is 1. The largest absolute Gasteiger partial charge is 0.374 e. The monoisotopic (exact) mass is 396 g/mol. The van der Waals surface area contributed by atoms with Crippen LogP contribution in [-0.4, -0.2) is 18.9 Å². The number of rotatable bonds is 4. The van der Waals surface area contributed by atoms with E-state index in [-0.39, 0.29) is 6.04 Å². The van der Waals surface area contributed by atoms with E-state index in [9.17, 15) is 4.79 Å². The van der Waals surface area contributed by atoms with Crippen molar-refractivity contribution in [3.05, 3.63) is 77.4 Å². The van der Waals surface area contributed by atoms with Crippen LogP contribution in [-0.2, 0) is 4.79 Å². The zero-order valence-electron chi connectivity index (χ0n) is 17.7. The van der Waals surface area contributed by atoms with E-state index in [4.69, 9.17) is 0 Å². The standard InChI is InChI=1S/C27H28N2O/c1-3-29(4-2)21-14-12-18(13-15-21)27-22-10-7-11-25(30)26(22)23-16-19-8-5-6-9-20(19)17-24(23)28-27/h5-6,8-9,12-17,27-28H,3-4,7,10-11H2,1-2H3/t27-/m1/s1. The van der Waals surface area contributed by atoms with Crippen molar-refractivity contribution in [3.63, 3.8) is 0 Å². The van der Waals surface area contributed by atoms with Crippen LogP contribution >= 0.6 is 0 Å². The van der Waals surface area contributed by atoms with Gasteiger partial charge in [-0.25, -0.2) is 0 Å². The van der Waals surface area contributed by atoms with Crippen molar-refractivity contribution < 1.29 is 4.79 Å². The zero-order valence-corrected chi connectivity index (χ0v) is 17.7. The molecular formula is C27H28N2O. The summed E-state index contributed by atoms with van der Waals surface area (Å²) in [4.78, 5) is 15.4. The third-order valence-electron chi connectivity index (χ3n) is 6.61. The van der Waals surface area contributed by atoms with Gasteiger partial charge in [0.1, 0.15) is 0 Å². The summed E-state index contributed by atoms with van der Waals surface area (Å²) in [5, 5.41) is 6.16. The van der Waals surface area contributed by atoms with Gasteiger partial charge in [0.05, 0.1) is 6.04 Å². The van der Waals surface area contributed by atoms with E-state index in [2.05, 4.69) is 84.7 Å². The van der Waals surface area contributed by atoms with Crippen LogP contribution in [0.1, 0.15) is 50.3 Å². The first-order chi connectivity index (χ1) is 14.7. The fraction of sp³-hybridized carbons (Fsp3) is 0.296. The molecule has 0 fully saturated rings. The van der Waals surface area contributed by atoms with Gasteiger partial charge in [0.25, 0.3) is 0 Å². The van der Waals surface area contributed by atoms with Crippen molar-refractivity contribution in [2.24, 2.45) is 0 Å². The molecule has 1 N–H and O–H groups in total. The molecule has 0 unspecified atom stereocenters. The average molecular weight is 397 g/mol. The maximum atomic E-state index is 13.0. The Bertz CT molecular complexity index is 1140. The SMILES string of the molecule is CCN(CC)c1ccc([C@H]2Nc3cc4ccccc4cc3C3=C2CCCC3=O)cc1. The van der Waals surface area contributed by atoms with Crippen LogP contribution in [0.4, 0.5) is 11.4 Å². The van der Waals surface area contributed by atoms with Crippen molar-refractivity contribution in [2.75, 3.05) is 23.3 Å². The number of nitrogens with zero attached hydrogens (tertiary/aromatic N) is 1. The van der Waals surface area contributed by atoms with Crippen LogP contribution in [0.3, 0.4) is 0 Å². The second kappa shape index (κ2) is 7.64. The summed E-state index contributed by atoms with van der Waals surface area (Å²) in [6.45, 7) is 6.38. The van der Waals surface area contributed by atoms with Crippen molar-refractivity contribution in [3.8, 4) is 0 Å². The Labute approximate surface area is 178 Å². The normalized spacial score (nSPS) is 18.1. The Morgan fingerprint density at radius 1 is 0.933 bits per heavy atom. The first kappa shape index (κ1) is 18.9. The smallest absolute Gasteiger partial charge is 0.163 e. The summed E-state index contributed by atoms with van der Waals surface area (Å²) in [6.07, 6.45) is 2.57. The molecular weight excluding hydrogens is 368 g/mol. The van der Waals surface area contributed by atoms with Crippen molar-refractivity contribution >= 4 is 33.5 Å². The molecule has 5 rings (SSSR count). The number of carbonyl (C=O) groups excluding carboxylic acids is 1. The zero-order chi connectivity index (χ0) is 20.7. The van der Waals surface area contributed by atoms with Gasteiger partial charge in [-0.15, -0.1) is 0 Å². The third-order valence-corrected chi connectivity index (χ3v) is 6.61. The molecule has 0 saturated heterocycles. The number of allylic oxidation sites excluding steroid dienone is 1. The fourth-order valence-electron chi connectivity index (χ4n) is 5.04. The van der Waals surface area contributed by atoms with Gasteiger partial charge in [-0.3, -0.25) is 4.79 Å². The average Bonchev–Trinajstić information content (AvgIpc) is 2.78. The molecule has 1 heterocycles. The number of benzene rings is 3. The number of nitrogens with one attached hydrogen (secondary N) is 1.